The molecule has 0 bridgehead atoms. The maximum Gasteiger partial charge on any atom is 0.344 e. The van der Waals surface area contributed by atoms with Crippen molar-refractivity contribution in [3.8, 4) is 5.75 Å². The molecule has 0 saturated heterocycles. The molecule has 4 nitrogen and oxygen atoms in total. The van der Waals surface area contributed by atoms with Crippen LogP contribution in [0.3, 0.4) is 0 Å². The fourth-order valence-corrected chi connectivity index (χ4v) is 1.54. The Balaban J connectivity index is 1.80. The van der Waals surface area contributed by atoms with Crippen LogP contribution in [0.1, 0.15) is 5.56 Å². The molecule has 21 heavy (non-hydrogen) atoms. The lowest BCUT2D eigenvalue weighted by molar-refractivity contribution is -0.147. The number of hydrogen-bond donors (Lipinski definition) is 0. The quantitative estimate of drug-likeness (QED) is 0.628. The van der Waals surface area contributed by atoms with E-state index in [2.05, 4.69) is 4.98 Å². The van der Waals surface area contributed by atoms with E-state index in [9.17, 15) is 13.6 Å². The van der Waals surface area contributed by atoms with Gasteiger partial charge in [0.15, 0.2) is 18.2 Å². The molecule has 0 aliphatic carbocycles. The van der Waals surface area contributed by atoms with Gasteiger partial charge in [-0.25, -0.2) is 18.6 Å². The summed E-state index contributed by atoms with van der Waals surface area (Å²) in [6.07, 6.45) is 1.47. The highest BCUT2D eigenvalue weighted by Crippen LogP contribution is 2.17. The van der Waals surface area contributed by atoms with Gasteiger partial charge in [-0.15, -0.1) is 0 Å². The van der Waals surface area contributed by atoms with Crippen LogP contribution >= 0.6 is 11.6 Å². The number of rotatable bonds is 5. The second-order valence-electron chi connectivity index (χ2n) is 4.01. The zero-order chi connectivity index (χ0) is 15.2. The summed E-state index contributed by atoms with van der Waals surface area (Å²) < 4.78 is 35.8. The first-order chi connectivity index (χ1) is 10.0. The molecule has 2 aromatic rings. The highest BCUT2D eigenvalue weighted by Gasteiger charge is 2.09. The molecule has 1 aromatic heterocycles. The minimum absolute atomic E-state index is 0.00172. The van der Waals surface area contributed by atoms with Crippen LogP contribution in [0.5, 0.6) is 5.75 Å². The molecule has 0 amide bonds. The summed E-state index contributed by atoms with van der Waals surface area (Å²) in [7, 11) is 0. The Labute approximate surface area is 124 Å². The number of hydrogen-bond acceptors (Lipinski definition) is 4. The van der Waals surface area contributed by atoms with E-state index < -0.39 is 24.2 Å². The van der Waals surface area contributed by atoms with Gasteiger partial charge in [-0.3, -0.25) is 0 Å². The Morgan fingerprint density at radius 2 is 2.05 bits per heavy atom. The predicted octanol–water partition coefficient (Wildman–Crippen LogP) is 3.14. The molecule has 110 valence electrons. The Hall–Kier alpha value is -2.21. The Kier molecular flexibility index (Phi) is 5.05. The van der Waals surface area contributed by atoms with Crippen molar-refractivity contribution in [1.29, 1.82) is 0 Å². The van der Waals surface area contributed by atoms with Crippen molar-refractivity contribution >= 4 is 17.6 Å². The van der Waals surface area contributed by atoms with Crippen LogP contribution in [-0.4, -0.2) is 17.6 Å². The van der Waals surface area contributed by atoms with E-state index in [-0.39, 0.29) is 12.4 Å². The normalized spacial score (nSPS) is 10.2. The molecule has 2 rings (SSSR count). The Bertz CT molecular complexity index is 635. The van der Waals surface area contributed by atoms with E-state index in [1.165, 1.54) is 6.20 Å². The molecule has 0 radical (unpaired) electrons. The number of benzene rings is 1. The lowest BCUT2D eigenvalue weighted by Gasteiger charge is -2.07. The van der Waals surface area contributed by atoms with Crippen molar-refractivity contribution in [3.63, 3.8) is 0 Å². The number of halogens is 3. The predicted molar refractivity (Wildman–Crippen MR) is 70.9 cm³/mol. The molecule has 0 N–H and O–H groups in total. The number of pyridine rings is 1. The number of carbonyl (C=O) groups is 1. The summed E-state index contributed by atoms with van der Waals surface area (Å²) in [5.74, 6) is -2.52. The molecular weight excluding hydrogens is 304 g/mol. The molecule has 1 heterocycles. The van der Waals surface area contributed by atoms with Gasteiger partial charge in [0.05, 0.1) is 0 Å². The van der Waals surface area contributed by atoms with Crippen molar-refractivity contribution in [2.45, 2.75) is 6.61 Å². The maximum absolute atomic E-state index is 13.3. The number of carbonyl (C=O) groups excluding carboxylic acids is 1. The van der Waals surface area contributed by atoms with Crippen LogP contribution in [-0.2, 0) is 16.1 Å². The lowest BCUT2D eigenvalue weighted by atomic mass is 10.3. The second-order valence-corrected chi connectivity index (χ2v) is 4.40. The summed E-state index contributed by atoms with van der Waals surface area (Å²) in [5, 5.41) is 0.334. The molecule has 0 spiro atoms. The summed E-state index contributed by atoms with van der Waals surface area (Å²) in [6.45, 7) is -0.484. The molecule has 0 atom stereocenters. The van der Waals surface area contributed by atoms with E-state index in [0.717, 1.165) is 12.1 Å². The monoisotopic (exact) mass is 313 g/mol. The highest BCUT2D eigenvalue weighted by molar-refractivity contribution is 6.29. The van der Waals surface area contributed by atoms with Crippen LogP contribution in [0.4, 0.5) is 8.78 Å². The fourth-order valence-electron chi connectivity index (χ4n) is 1.43. The molecule has 0 unspecified atom stereocenters. The maximum atomic E-state index is 13.3. The van der Waals surface area contributed by atoms with Gasteiger partial charge in [-0.05, 0) is 18.2 Å². The van der Waals surface area contributed by atoms with Gasteiger partial charge in [-0.1, -0.05) is 17.7 Å². The number of ether oxygens (including phenoxy) is 2. The van der Waals surface area contributed by atoms with Gasteiger partial charge >= 0.3 is 5.97 Å². The zero-order valence-electron chi connectivity index (χ0n) is 10.7. The molecule has 1 aromatic carbocycles. The highest BCUT2D eigenvalue weighted by atomic mass is 35.5. The Morgan fingerprint density at radius 3 is 2.71 bits per heavy atom. The summed E-state index contributed by atoms with van der Waals surface area (Å²) in [5.41, 5.74) is 0.653. The first-order valence-corrected chi connectivity index (χ1v) is 6.26. The first-order valence-electron chi connectivity index (χ1n) is 5.88. The van der Waals surface area contributed by atoms with Crippen molar-refractivity contribution in [3.05, 3.63) is 58.9 Å². The summed E-state index contributed by atoms with van der Waals surface area (Å²) in [4.78, 5) is 15.3. The van der Waals surface area contributed by atoms with Gasteiger partial charge in [0.1, 0.15) is 17.6 Å². The van der Waals surface area contributed by atoms with Gasteiger partial charge in [0, 0.05) is 17.8 Å². The lowest BCUT2D eigenvalue weighted by Crippen LogP contribution is -2.15. The van der Waals surface area contributed by atoms with E-state index in [1.54, 1.807) is 12.1 Å². The van der Waals surface area contributed by atoms with Gasteiger partial charge < -0.3 is 9.47 Å². The zero-order valence-corrected chi connectivity index (χ0v) is 11.4. The molecule has 0 fully saturated rings. The molecule has 7 heteroatoms. The largest absolute Gasteiger partial charge is 0.479 e. The molecule has 0 aliphatic heterocycles. The Morgan fingerprint density at radius 1 is 1.24 bits per heavy atom. The van der Waals surface area contributed by atoms with Gasteiger partial charge in [0.2, 0.25) is 0 Å². The van der Waals surface area contributed by atoms with E-state index in [0.29, 0.717) is 16.8 Å². The molecular formula is C14H10ClF2NO3. The average molecular weight is 314 g/mol. The number of esters is 1. The smallest absolute Gasteiger partial charge is 0.344 e. The van der Waals surface area contributed by atoms with Crippen LogP contribution in [0.15, 0.2) is 36.5 Å². The SMILES string of the molecule is O=C(COc1ccc(F)cc1F)OCc1ccc(Cl)nc1. The topological polar surface area (TPSA) is 48.4 Å². The van der Waals surface area contributed by atoms with Crippen LogP contribution in [0, 0.1) is 11.6 Å². The van der Waals surface area contributed by atoms with E-state index in [1.807, 2.05) is 0 Å². The minimum Gasteiger partial charge on any atom is -0.479 e. The second kappa shape index (κ2) is 6.99. The van der Waals surface area contributed by atoms with E-state index in [4.69, 9.17) is 21.1 Å². The number of nitrogens with zero attached hydrogens (tertiary/aromatic N) is 1. The third kappa shape index (κ3) is 4.68. The van der Waals surface area contributed by atoms with Crippen molar-refractivity contribution < 1.29 is 23.0 Å². The minimum atomic E-state index is -0.885. The van der Waals surface area contributed by atoms with Crippen LogP contribution in [0.2, 0.25) is 5.15 Å². The fraction of sp³-hybridized carbons (Fsp3) is 0.143. The molecule has 0 aliphatic rings. The van der Waals surface area contributed by atoms with E-state index >= 15 is 0 Å². The van der Waals surface area contributed by atoms with Crippen LogP contribution in [0.25, 0.3) is 0 Å². The first kappa shape index (κ1) is 15.2. The third-order valence-electron chi connectivity index (χ3n) is 2.43. The van der Waals surface area contributed by atoms with Crippen molar-refractivity contribution in [2.75, 3.05) is 6.61 Å². The van der Waals surface area contributed by atoms with Crippen LogP contribution < -0.4 is 4.74 Å². The number of aromatic nitrogens is 1. The van der Waals surface area contributed by atoms with Gasteiger partial charge in [-0.2, -0.15) is 0 Å². The standard InChI is InChI=1S/C14H10ClF2NO3/c15-13-4-1-9(6-18-13)7-21-14(19)8-20-12-3-2-10(16)5-11(12)17/h1-6H,7-8H2. The summed E-state index contributed by atoms with van der Waals surface area (Å²) in [6, 6.07) is 6.02. The van der Waals surface area contributed by atoms with Crippen molar-refractivity contribution in [2.24, 2.45) is 0 Å². The summed E-state index contributed by atoms with van der Waals surface area (Å²) >= 11 is 5.62. The molecule has 0 saturated carbocycles. The van der Waals surface area contributed by atoms with Gasteiger partial charge in [0.25, 0.3) is 0 Å². The van der Waals surface area contributed by atoms with Crippen molar-refractivity contribution in [1.82, 2.24) is 4.98 Å². The average Bonchev–Trinajstić information content (AvgIpc) is 2.46. The third-order valence-corrected chi connectivity index (χ3v) is 2.65.